The monoisotopic (exact) mass is 515 g/mol. The zero-order valence-electron chi connectivity index (χ0n) is 22.7. The van der Waals surface area contributed by atoms with Crippen molar-refractivity contribution in [1.82, 2.24) is 10.2 Å². The zero-order valence-corrected chi connectivity index (χ0v) is 23.5. The number of nitrogens with zero attached hydrogens (tertiary/aromatic N) is 2. The van der Waals surface area contributed by atoms with E-state index in [1.54, 1.807) is 17.9 Å². The highest BCUT2D eigenvalue weighted by Crippen LogP contribution is 2.22. The van der Waals surface area contributed by atoms with Gasteiger partial charge in [-0.15, -0.1) is 0 Å². The molecule has 2 amide bonds. The van der Waals surface area contributed by atoms with Gasteiger partial charge >= 0.3 is 0 Å². The molecule has 7 nitrogen and oxygen atoms in total. The molecule has 0 aromatic heterocycles. The molecule has 0 heterocycles. The van der Waals surface area contributed by atoms with Crippen LogP contribution >= 0.6 is 0 Å². The molecule has 0 saturated carbocycles. The van der Waals surface area contributed by atoms with Crippen molar-refractivity contribution in [3.05, 3.63) is 64.7 Å². The van der Waals surface area contributed by atoms with Crippen LogP contribution in [0.5, 0.6) is 0 Å². The summed E-state index contributed by atoms with van der Waals surface area (Å²) in [6.07, 6.45) is 1.64. The van der Waals surface area contributed by atoms with E-state index in [9.17, 15) is 18.0 Å². The van der Waals surface area contributed by atoms with Crippen molar-refractivity contribution in [2.24, 2.45) is 5.92 Å². The summed E-state index contributed by atoms with van der Waals surface area (Å²) in [7, 11) is -3.52. The van der Waals surface area contributed by atoms with Crippen LogP contribution < -0.4 is 9.62 Å². The van der Waals surface area contributed by atoms with Crippen LogP contribution in [0.25, 0.3) is 0 Å². The van der Waals surface area contributed by atoms with Gasteiger partial charge in [0.1, 0.15) is 6.04 Å². The summed E-state index contributed by atoms with van der Waals surface area (Å²) in [5, 5.41) is 2.92. The largest absolute Gasteiger partial charge is 0.354 e. The number of sulfonamides is 1. The summed E-state index contributed by atoms with van der Waals surface area (Å²) in [5.74, 6) is -0.0804. The maximum atomic E-state index is 13.3. The van der Waals surface area contributed by atoms with Gasteiger partial charge in [0.25, 0.3) is 0 Å². The van der Waals surface area contributed by atoms with Crippen molar-refractivity contribution >= 4 is 27.5 Å². The minimum atomic E-state index is -3.52. The molecule has 1 N–H and O–H groups in total. The van der Waals surface area contributed by atoms with E-state index >= 15 is 0 Å². The van der Waals surface area contributed by atoms with Gasteiger partial charge in [0.15, 0.2) is 0 Å². The van der Waals surface area contributed by atoms with Gasteiger partial charge < -0.3 is 10.2 Å². The second-order valence-corrected chi connectivity index (χ2v) is 11.9. The SMILES string of the molecule is Cc1ccc(CN(C(=O)CCCN(c2ccc(C)c(C)c2)S(C)(=O)=O)[C@@H](C)C(=O)NCC(C)C)cc1. The fourth-order valence-corrected chi connectivity index (χ4v) is 4.77. The molecule has 0 saturated heterocycles. The Labute approximate surface area is 216 Å². The van der Waals surface area contributed by atoms with E-state index in [2.05, 4.69) is 5.32 Å². The summed E-state index contributed by atoms with van der Waals surface area (Å²) in [4.78, 5) is 27.7. The van der Waals surface area contributed by atoms with Crippen LogP contribution in [0.15, 0.2) is 42.5 Å². The summed E-state index contributed by atoms with van der Waals surface area (Å²) in [5.41, 5.74) is 4.73. The molecular weight excluding hydrogens is 474 g/mol. The van der Waals surface area contributed by atoms with E-state index in [0.29, 0.717) is 31.1 Å². The number of anilines is 1. The van der Waals surface area contributed by atoms with Crippen molar-refractivity contribution in [2.75, 3.05) is 23.7 Å². The van der Waals surface area contributed by atoms with Crippen molar-refractivity contribution < 1.29 is 18.0 Å². The molecule has 198 valence electrons. The van der Waals surface area contributed by atoms with Crippen molar-refractivity contribution in [1.29, 1.82) is 0 Å². The highest BCUT2D eigenvalue weighted by atomic mass is 32.2. The Morgan fingerprint density at radius 1 is 0.944 bits per heavy atom. The number of carbonyl (C=O) groups excluding carboxylic acids is 2. The fourth-order valence-electron chi connectivity index (χ4n) is 3.81. The Bertz CT molecular complexity index is 1140. The molecule has 8 heteroatoms. The van der Waals surface area contributed by atoms with Gasteiger partial charge in [-0.2, -0.15) is 0 Å². The predicted octanol–water partition coefficient (Wildman–Crippen LogP) is 4.35. The number of benzene rings is 2. The first kappa shape index (κ1) is 29.4. The van der Waals surface area contributed by atoms with Crippen LogP contribution in [0.1, 0.15) is 55.9 Å². The van der Waals surface area contributed by atoms with E-state index in [1.165, 1.54) is 10.6 Å². The molecule has 0 unspecified atom stereocenters. The predicted molar refractivity (Wildman–Crippen MR) is 146 cm³/mol. The van der Waals surface area contributed by atoms with Crippen molar-refractivity contribution in [3.63, 3.8) is 0 Å². The second-order valence-electron chi connectivity index (χ2n) is 10.0. The lowest BCUT2D eigenvalue weighted by Gasteiger charge is -2.30. The third-order valence-corrected chi connectivity index (χ3v) is 7.45. The first-order valence-corrected chi connectivity index (χ1v) is 14.3. The quantitative estimate of drug-likeness (QED) is 0.455. The average molecular weight is 516 g/mol. The molecule has 0 spiro atoms. The molecule has 0 radical (unpaired) electrons. The zero-order chi connectivity index (χ0) is 27.0. The van der Waals surface area contributed by atoms with E-state index in [0.717, 1.165) is 22.3 Å². The maximum Gasteiger partial charge on any atom is 0.242 e. The molecule has 0 aliphatic heterocycles. The number of rotatable bonds is 12. The molecule has 0 bridgehead atoms. The average Bonchev–Trinajstić information content (AvgIpc) is 2.80. The molecular formula is C28H41N3O4S. The lowest BCUT2D eigenvalue weighted by Crippen LogP contribution is -2.48. The second kappa shape index (κ2) is 12.9. The van der Waals surface area contributed by atoms with E-state index in [-0.39, 0.29) is 24.8 Å². The Balaban J connectivity index is 2.17. The molecule has 36 heavy (non-hydrogen) atoms. The lowest BCUT2D eigenvalue weighted by molar-refractivity contribution is -0.140. The van der Waals surface area contributed by atoms with Crippen LogP contribution in [0.3, 0.4) is 0 Å². The lowest BCUT2D eigenvalue weighted by atomic mass is 10.1. The summed E-state index contributed by atoms with van der Waals surface area (Å²) in [6.45, 7) is 12.7. The van der Waals surface area contributed by atoms with Gasteiger partial charge in [-0.3, -0.25) is 13.9 Å². The molecule has 0 aliphatic rings. The number of carbonyl (C=O) groups is 2. The topological polar surface area (TPSA) is 86.8 Å². The number of aryl methyl sites for hydroxylation is 3. The molecule has 0 aliphatic carbocycles. The van der Waals surface area contributed by atoms with Crippen LogP contribution in [0.4, 0.5) is 5.69 Å². The molecule has 1 atom stereocenters. The number of amides is 2. The number of hydrogen-bond acceptors (Lipinski definition) is 4. The van der Waals surface area contributed by atoms with Crippen molar-refractivity contribution in [3.8, 4) is 0 Å². The fraction of sp³-hybridized carbons (Fsp3) is 0.500. The van der Waals surface area contributed by atoms with E-state index in [4.69, 9.17) is 0 Å². The summed E-state index contributed by atoms with van der Waals surface area (Å²) < 4.78 is 26.4. The summed E-state index contributed by atoms with van der Waals surface area (Å²) >= 11 is 0. The molecule has 2 aromatic rings. The van der Waals surface area contributed by atoms with E-state index < -0.39 is 16.1 Å². The Hall–Kier alpha value is -2.87. The minimum Gasteiger partial charge on any atom is -0.354 e. The minimum absolute atomic E-state index is 0.129. The number of hydrogen-bond donors (Lipinski definition) is 1. The van der Waals surface area contributed by atoms with Crippen LogP contribution in [-0.4, -0.2) is 50.5 Å². The van der Waals surface area contributed by atoms with Gasteiger partial charge in [0.05, 0.1) is 11.9 Å². The Morgan fingerprint density at radius 2 is 1.58 bits per heavy atom. The highest BCUT2D eigenvalue weighted by Gasteiger charge is 2.26. The molecule has 2 rings (SSSR count). The third kappa shape index (κ3) is 8.66. The molecule has 2 aromatic carbocycles. The smallest absolute Gasteiger partial charge is 0.242 e. The first-order chi connectivity index (χ1) is 16.8. The van der Waals surface area contributed by atoms with Gasteiger partial charge in [0, 0.05) is 26.1 Å². The van der Waals surface area contributed by atoms with Gasteiger partial charge in [-0.1, -0.05) is 49.7 Å². The van der Waals surface area contributed by atoms with Gasteiger partial charge in [-0.25, -0.2) is 8.42 Å². The standard InChI is InChI=1S/C28H41N3O4S/c1-20(2)18-29-28(33)24(6)30(19-25-13-10-21(3)11-14-25)27(32)9-8-16-31(36(7,34)35)26-15-12-22(4)23(5)17-26/h10-15,17,20,24H,8-9,16,18-19H2,1-7H3,(H,29,33)/t24-/m0/s1. The Kier molecular flexibility index (Phi) is 10.5. The van der Waals surface area contributed by atoms with Crippen LogP contribution in [0.2, 0.25) is 0 Å². The number of nitrogens with one attached hydrogen (secondary N) is 1. The van der Waals surface area contributed by atoms with Gasteiger partial charge in [0.2, 0.25) is 21.8 Å². The third-order valence-electron chi connectivity index (χ3n) is 6.26. The van der Waals surface area contributed by atoms with E-state index in [1.807, 2.05) is 71.0 Å². The first-order valence-electron chi connectivity index (χ1n) is 12.5. The normalized spacial score (nSPS) is 12.3. The van der Waals surface area contributed by atoms with Crippen LogP contribution in [0, 0.1) is 26.7 Å². The van der Waals surface area contributed by atoms with Crippen LogP contribution in [-0.2, 0) is 26.2 Å². The van der Waals surface area contributed by atoms with Gasteiger partial charge in [-0.05, 0) is 68.9 Å². The molecule has 0 fully saturated rings. The Morgan fingerprint density at radius 3 is 2.14 bits per heavy atom. The maximum absolute atomic E-state index is 13.3. The van der Waals surface area contributed by atoms with Crippen molar-refractivity contribution in [2.45, 2.75) is 67.0 Å². The summed E-state index contributed by atoms with van der Waals surface area (Å²) in [6, 6.07) is 12.8. The highest BCUT2D eigenvalue weighted by molar-refractivity contribution is 7.92.